The molecular formula is C80H131N13O32. The number of nitrogens with one attached hydrogen (secondary N) is 4. The average molecular weight is 1790 g/mol. The van der Waals surface area contributed by atoms with E-state index < -0.39 is 125 Å². The zero-order valence-corrected chi connectivity index (χ0v) is 74.1. The largest absolute Gasteiger partial charge is 0.444 e. The van der Waals surface area contributed by atoms with Gasteiger partial charge in [-0.3, -0.25) is 19.1 Å². The summed E-state index contributed by atoms with van der Waals surface area (Å²) in [5, 5.41) is 37.6. The number of nitrogens with zero attached hydrogens (tertiary/aromatic N) is 9. The molecule has 16 atom stereocenters. The van der Waals surface area contributed by atoms with Gasteiger partial charge in [-0.1, -0.05) is 15.6 Å². The first-order valence-corrected chi connectivity index (χ1v) is 43.1. The zero-order chi connectivity index (χ0) is 88.6. The second-order valence-electron chi connectivity index (χ2n) is 34.5. The van der Waals surface area contributed by atoms with Crippen LogP contribution in [0.5, 0.6) is 0 Å². The van der Waals surface area contributed by atoms with Crippen molar-refractivity contribution in [3.05, 3.63) is 35.7 Å². The van der Waals surface area contributed by atoms with Crippen LogP contribution in [0.1, 0.15) is 113 Å². The summed E-state index contributed by atoms with van der Waals surface area (Å²) in [6.07, 6.45) is 1.19. The van der Waals surface area contributed by atoms with E-state index in [0.29, 0.717) is 175 Å². The lowest BCUT2D eigenvalue weighted by Crippen LogP contribution is -2.65. The summed E-state index contributed by atoms with van der Waals surface area (Å²) in [6.45, 7) is 30.5. The van der Waals surface area contributed by atoms with Crippen molar-refractivity contribution in [1.29, 1.82) is 0 Å². The second kappa shape index (κ2) is 46.2. The normalized spacial score (nSPS) is 28.8. The number of aromatic nitrogens is 9. The first-order chi connectivity index (χ1) is 60.0. The summed E-state index contributed by atoms with van der Waals surface area (Å²) in [5.41, 5.74) is -3.27. The van der Waals surface area contributed by atoms with Crippen LogP contribution in [0, 0.1) is 0 Å². The highest BCUT2D eigenvalue weighted by Crippen LogP contribution is 2.50. The molecule has 0 radical (unpaired) electrons. The molecule has 4 N–H and O–H groups in total. The number of hydrogen-bond donors (Lipinski definition) is 4. The van der Waals surface area contributed by atoms with Gasteiger partial charge >= 0.3 is 6.09 Å². The Balaban J connectivity index is 0.531. The minimum Gasteiger partial charge on any atom is -0.444 e. The third-order valence-electron chi connectivity index (χ3n) is 21.2. The molecule has 12 heterocycles. The molecule has 9 aliphatic rings. The Kier molecular flexibility index (Phi) is 36.2. The van der Waals surface area contributed by atoms with Gasteiger partial charge in [0.1, 0.15) is 99.8 Å². The number of alkyl carbamates (subject to hydrolysis) is 1. The number of rotatable bonds is 60. The quantitative estimate of drug-likeness (QED) is 0.0545. The molecule has 45 nitrogen and oxygen atoms in total. The topological polar surface area (TPSA) is 467 Å². The van der Waals surface area contributed by atoms with Crippen molar-refractivity contribution in [2.75, 3.05) is 198 Å². The van der Waals surface area contributed by atoms with Crippen molar-refractivity contribution in [3.8, 4) is 0 Å². The average Bonchev–Trinajstić information content (AvgIpc) is 1.58. The van der Waals surface area contributed by atoms with Crippen LogP contribution in [-0.2, 0) is 186 Å². The molecule has 3 aromatic heterocycles. The van der Waals surface area contributed by atoms with Crippen LogP contribution in [-0.4, -0.2) is 386 Å². The first-order valence-electron chi connectivity index (χ1n) is 43.1. The van der Waals surface area contributed by atoms with E-state index in [-0.39, 0.29) is 97.0 Å². The predicted octanol–water partition coefficient (Wildman–Crippen LogP) is 0.104. The van der Waals surface area contributed by atoms with Crippen LogP contribution in [0.15, 0.2) is 18.6 Å². The standard InChI is InChI=1S/C80H131N13O32/c1-54(94)81-60-63-66(119-74(7,8)116-63)78(51-113-69(60)122-78)48-107-36-33-104-30-27-101-24-21-98-18-14-13-15-91-39-57(85-88-91)42-110-45-77(84-72(97)125-73(4,5)6,46-111-43-58-40-92(89-86-58)16-19-99-22-25-102-28-31-105-34-37-108-49-79-52-114-70(123-79)61(82-55(2)95)64-67(79)120-75(9,10)117-64)47-112-44-59-41-93(90-87-59)17-20-100-23-26-103-29-32-106-35-38-109-50-80-53-115-71(124-80)62(83-56(3)96)65-68(80)121-76(11,12)118-65/h39-41,60-71H,13-38,42-53H2,1-12H3,(H,81,94)(H,82,95)(H,83,96)(H,84,97)/t60-,61-,62-,63-,64-,65-,66-,67-,68-,69-,70-,71+,77?,78+,79+,80+/m1/s1. The fraction of sp³-hybridized carbons (Fsp3) is 0.875. The number of fused-ring (bicyclic) bond motifs is 12. The maximum atomic E-state index is 13.8. The minimum absolute atomic E-state index is 0.00748. The summed E-state index contributed by atoms with van der Waals surface area (Å²) in [6, 6.07) is -1.54. The Hall–Kier alpha value is -5.98. The molecular weight excluding hydrogens is 1650 g/mol. The molecule has 9 aliphatic heterocycles. The van der Waals surface area contributed by atoms with Crippen molar-refractivity contribution in [3.63, 3.8) is 0 Å². The molecule has 0 saturated carbocycles. The van der Waals surface area contributed by atoms with Crippen molar-refractivity contribution in [1.82, 2.24) is 66.2 Å². The Morgan fingerprint density at radius 3 is 0.968 bits per heavy atom. The smallest absolute Gasteiger partial charge is 0.408 e. The molecule has 4 amide bonds. The summed E-state index contributed by atoms with van der Waals surface area (Å²) < 4.78 is 174. The third kappa shape index (κ3) is 29.0. The maximum absolute atomic E-state index is 13.8. The van der Waals surface area contributed by atoms with Gasteiger partial charge in [0.15, 0.2) is 36.2 Å². The van der Waals surface area contributed by atoms with E-state index in [1.54, 1.807) is 53.4 Å². The van der Waals surface area contributed by atoms with Crippen LogP contribution in [0.25, 0.3) is 0 Å². The van der Waals surface area contributed by atoms with E-state index in [2.05, 4.69) is 52.2 Å². The Morgan fingerprint density at radius 2 is 0.664 bits per heavy atom. The molecule has 45 heteroatoms. The number of aryl methyl sites for hydroxylation is 1. The summed E-state index contributed by atoms with van der Waals surface area (Å²) >= 11 is 0. The lowest BCUT2D eigenvalue weighted by Gasteiger charge is -2.42. The Labute approximate surface area is 727 Å². The van der Waals surface area contributed by atoms with Crippen LogP contribution in [0.2, 0.25) is 0 Å². The second-order valence-corrected chi connectivity index (χ2v) is 34.5. The van der Waals surface area contributed by atoms with E-state index >= 15 is 0 Å². The van der Waals surface area contributed by atoms with E-state index in [4.69, 9.17) is 133 Å². The molecule has 3 aromatic rings. The van der Waals surface area contributed by atoms with Gasteiger partial charge in [0.2, 0.25) is 17.7 Å². The van der Waals surface area contributed by atoms with Crippen molar-refractivity contribution < 1.29 is 152 Å². The molecule has 0 aliphatic carbocycles. The monoisotopic (exact) mass is 1790 g/mol. The fourth-order valence-corrected chi connectivity index (χ4v) is 15.9. The van der Waals surface area contributed by atoms with Crippen molar-refractivity contribution in [2.45, 2.75) is 254 Å². The van der Waals surface area contributed by atoms with Crippen LogP contribution >= 0.6 is 0 Å². The van der Waals surface area contributed by atoms with Crippen LogP contribution in [0.3, 0.4) is 0 Å². The molecule has 125 heavy (non-hydrogen) atoms. The van der Waals surface area contributed by atoms with E-state index in [0.717, 1.165) is 12.8 Å². The first kappa shape index (κ1) is 98.1. The van der Waals surface area contributed by atoms with Crippen molar-refractivity contribution >= 4 is 23.8 Å². The fourth-order valence-electron chi connectivity index (χ4n) is 15.9. The van der Waals surface area contributed by atoms with Gasteiger partial charge in [0.25, 0.3) is 0 Å². The molecule has 0 spiro atoms. The molecule has 0 aromatic carbocycles. The highest BCUT2D eigenvalue weighted by Gasteiger charge is 2.69. The van der Waals surface area contributed by atoms with Crippen LogP contribution in [0.4, 0.5) is 4.79 Å². The van der Waals surface area contributed by atoms with Gasteiger partial charge in [0.05, 0.1) is 243 Å². The van der Waals surface area contributed by atoms with Gasteiger partial charge in [-0.15, -0.1) is 15.3 Å². The number of carbonyl (C=O) groups excluding carboxylic acids is 4. The Bertz CT molecular complexity index is 3640. The van der Waals surface area contributed by atoms with Gasteiger partial charge in [-0.25, -0.2) is 14.2 Å². The highest BCUT2D eigenvalue weighted by molar-refractivity contribution is 5.74. The third-order valence-corrected chi connectivity index (χ3v) is 21.2. The van der Waals surface area contributed by atoms with Gasteiger partial charge < -0.3 is 154 Å². The van der Waals surface area contributed by atoms with Gasteiger partial charge in [-0.05, 0) is 75.2 Å². The molecule has 9 fully saturated rings. The number of hydrogen-bond acceptors (Lipinski definition) is 38. The summed E-state index contributed by atoms with van der Waals surface area (Å²) in [7, 11) is 0. The summed E-state index contributed by atoms with van der Waals surface area (Å²) in [5.74, 6) is -3.24. The lowest BCUT2D eigenvalue weighted by molar-refractivity contribution is -0.214. The highest BCUT2D eigenvalue weighted by atomic mass is 16.8. The Morgan fingerprint density at radius 1 is 0.376 bits per heavy atom. The molecule has 708 valence electrons. The number of carbonyl (C=O) groups is 4. The number of unbranched alkanes of at least 4 members (excludes halogenated alkanes) is 1. The minimum atomic E-state index is -1.35. The molecule has 1 unspecified atom stereocenters. The molecule has 9 saturated heterocycles. The lowest BCUT2D eigenvalue weighted by atomic mass is 9.88. The zero-order valence-electron chi connectivity index (χ0n) is 74.1. The van der Waals surface area contributed by atoms with Gasteiger partial charge in [-0.2, -0.15) is 0 Å². The van der Waals surface area contributed by atoms with E-state index in [9.17, 15) is 19.2 Å². The predicted molar refractivity (Wildman–Crippen MR) is 425 cm³/mol. The number of ether oxygens (including phenoxy) is 28. The van der Waals surface area contributed by atoms with E-state index in [1.807, 2.05) is 41.5 Å². The van der Waals surface area contributed by atoms with E-state index in [1.165, 1.54) is 20.8 Å². The molecule has 12 rings (SSSR count). The summed E-state index contributed by atoms with van der Waals surface area (Å²) in [4.78, 5) is 49.7. The van der Waals surface area contributed by atoms with Crippen molar-refractivity contribution in [2.24, 2.45) is 0 Å². The van der Waals surface area contributed by atoms with Crippen LogP contribution < -0.4 is 21.3 Å². The SMILES string of the molecule is CC(=O)N[C@H]1[C@@H]2OC[C@](COCCOCCOCCOCCCCn3cc(COCC(COCc4cn(CCOCCOCCOCCOC[C@@]56CO[C@H](O5)[C@H](NC(C)=O)[C@H]5OC(C)(C)O[C@H]56)nn4)(COCc4cn(CCOCCOCCOCCOC[C@@]56CO[C@@H](O5)[C@H](NC(C)=O)[C@H]5OC(C)(C)O[C@H]56)nn4)NC(=O)OC(C)(C)C)nn3)(O2)[C@@H]2OC(C)(C)O[C@H]12. The maximum Gasteiger partial charge on any atom is 0.408 e. The number of amides is 4. The van der Waals surface area contributed by atoms with Gasteiger partial charge in [0, 0.05) is 33.9 Å². The molecule has 6 bridgehead atoms.